The van der Waals surface area contributed by atoms with Crippen LogP contribution in [0.2, 0.25) is 0 Å². The van der Waals surface area contributed by atoms with Crippen molar-refractivity contribution < 1.29 is 14.3 Å². The van der Waals surface area contributed by atoms with Crippen LogP contribution in [0.5, 0.6) is 0 Å². The molecule has 4 heterocycles. The molecule has 3 aromatic rings. The zero-order valence-corrected chi connectivity index (χ0v) is 18.1. The van der Waals surface area contributed by atoms with E-state index in [9.17, 15) is 15.2 Å². The highest BCUT2D eigenvalue weighted by Crippen LogP contribution is 2.34. The van der Waals surface area contributed by atoms with E-state index < -0.39 is 23.4 Å². The summed E-state index contributed by atoms with van der Waals surface area (Å²) >= 11 is 0. The normalized spacial score (nSPS) is 19.0. The number of carbonyl (C=O) groups is 1. The Balaban J connectivity index is 1.77. The number of fused-ring (bicyclic) bond motifs is 1. The fourth-order valence-electron chi connectivity index (χ4n) is 4.45. The van der Waals surface area contributed by atoms with Crippen molar-refractivity contribution in [3.05, 3.63) is 42.1 Å². The van der Waals surface area contributed by atoms with E-state index in [-0.39, 0.29) is 23.4 Å². The fraction of sp³-hybridized carbons (Fsp3) is 0.409. The highest BCUT2D eigenvalue weighted by atomic mass is 19.1. The minimum atomic E-state index is -1.01. The SMILES string of the molecule is CC(C)(C)C1[C@H](Nc2nc(-c3cnn4ccccc34)nc(C#N)c2F)CCCN1C(=O)O. The highest BCUT2D eigenvalue weighted by Gasteiger charge is 2.42. The Morgan fingerprint density at radius 2 is 2.12 bits per heavy atom. The van der Waals surface area contributed by atoms with E-state index in [1.165, 1.54) is 4.90 Å². The van der Waals surface area contributed by atoms with Crippen LogP contribution in [0.1, 0.15) is 39.3 Å². The summed E-state index contributed by atoms with van der Waals surface area (Å²) in [7, 11) is 0. The second kappa shape index (κ2) is 8.07. The lowest BCUT2D eigenvalue weighted by Gasteiger charge is -2.47. The maximum Gasteiger partial charge on any atom is 0.407 e. The molecule has 0 aromatic carbocycles. The molecular formula is C22H24FN7O2. The number of aromatic nitrogens is 4. The number of hydrogen-bond donors (Lipinski definition) is 2. The zero-order valence-electron chi connectivity index (χ0n) is 18.1. The van der Waals surface area contributed by atoms with Crippen molar-refractivity contribution >= 4 is 17.4 Å². The van der Waals surface area contributed by atoms with Crippen LogP contribution in [0.3, 0.4) is 0 Å². The van der Waals surface area contributed by atoms with Gasteiger partial charge in [0.1, 0.15) is 6.07 Å². The first kappa shape index (κ1) is 21.5. The van der Waals surface area contributed by atoms with Gasteiger partial charge < -0.3 is 15.3 Å². The van der Waals surface area contributed by atoms with Crippen molar-refractivity contribution in [2.75, 3.05) is 11.9 Å². The van der Waals surface area contributed by atoms with E-state index in [1.54, 1.807) is 23.0 Å². The second-order valence-corrected chi connectivity index (χ2v) is 8.94. The van der Waals surface area contributed by atoms with Crippen molar-refractivity contribution in [3.8, 4) is 17.5 Å². The molecule has 1 amide bonds. The van der Waals surface area contributed by atoms with Crippen LogP contribution < -0.4 is 5.32 Å². The molecule has 0 radical (unpaired) electrons. The summed E-state index contributed by atoms with van der Waals surface area (Å²) in [6, 6.07) is 6.50. The molecule has 2 atom stereocenters. The zero-order chi connectivity index (χ0) is 23.0. The number of nitrogens with one attached hydrogen (secondary N) is 1. The van der Waals surface area contributed by atoms with Gasteiger partial charge in [-0.2, -0.15) is 14.8 Å². The number of rotatable bonds is 3. The molecular weight excluding hydrogens is 413 g/mol. The van der Waals surface area contributed by atoms with Gasteiger partial charge in [0.25, 0.3) is 0 Å². The molecule has 1 aliphatic heterocycles. The molecule has 0 spiro atoms. The second-order valence-electron chi connectivity index (χ2n) is 8.94. The first-order valence-electron chi connectivity index (χ1n) is 10.4. The van der Waals surface area contributed by atoms with Gasteiger partial charge in [-0.1, -0.05) is 26.8 Å². The van der Waals surface area contributed by atoms with Gasteiger partial charge in [0.05, 0.1) is 23.3 Å². The standard InChI is InChI=1S/C22H24FN7O2/c1-22(2,3)18-14(7-6-9-29(18)21(31)32)26-20-17(23)15(11-24)27-19(28-20)13-12-25-30-10-5-4-8-16(13)30/h4-5,8,10,12,14,18H,6-7,9H2,1-3H3,(H,31,32)(H,26,27,28)/t14-,18?/m1/s1. The number of piperidine rings is 1. The van der Waals surface area contributed by atoms with Crippen molar-refractivity contribution in [1.29, 1.82) is 5.26 Å². The summed E-state index contributed by atoms with van der Waals surface area (Å²) < 4.78 is 16.7. The van der Waals surface area contributed by atoms with Gasteiger partial charge in [0, 0.05) is 18.8 Å². The predicted octanol–water partition coefficient (Wildman–Crippen LogP) is 3.77. The first-order valence-corrected chi connectivity index (χ1v) is 10.4. The van der Waals surface area contributed by atoms with Gasteiger partial charge >= 0.3 is 6.09 Å². The third-order valence-electron chi connectivity index (χ3n) is 5.71. The molecule has 2 N–H and O–H groups in total. The van der Waals surface area contributed by atoms with Crippen LogP contribution in [-0.2, 0) is 0 Å². The number of hydrogen-bond acceptors (Lipinski definition) is 6. The van der Waals surface area contributed by atoms with E-state index >= 15 is 4.39 Å². The molecule has 1 saturated heterocycles. The molecule has 9 nitrogen and oxygen atoms in total. The number of likely N-dealkylation sites (tertiary alicyclic amines) is 1. The lowest BCUT2D eigenvalue weighted by atomic mass is 9.77. The average molecular weight is 437 g/mol. The maximum absolute atomic E-state index is 15.1. The Labute approximate surface area is 184 Å². The van der Waals surface area contributed by atoms with E-state index in [4.69, 9.17) is 0 Å². The van der Waals surface area contributed by atoms with E-state index in [2.05, 4.69) is 20.4 Å². The van der Waals surface area contributed by atoms with Gasteiger partial charge in [-0.3, -0.25) is 0 Å². The maximum atomic E-state index is 15.1. The fourth-order valence-corrected chi connectivity index (χ4v) is 4.45. The number of halogens is 1. The highest BCUT2D eigenvalue weighted by molar-refractivity contribution is 5.76. The molecule has 1 unspecified atom stereocenters. The third-order valence-corrected chi connectivity index (χ3v) is 5.71. The number of nitrogens with zero attached hydrogens (tertiary/aromatic N) is 6. The summed E-state index contributed by atoms with van der Waals surface area (Å²) in [6.45, 7) is 6.28. The molecule has 10 heteroatoms. The van der Waals surface area contributed by atoms with Crippen LogP contribution in [0.4, 0.5) is 15.0 Å². The van der Waals surface area contributed by atoms with Crippen molar-refractivity contribution in [1.82, 2.24) is 24.5 Å². The van der Waals surface area contributed by atoms with Crippen LogP contribution in [0.25, 0.3) is 16.9 Å². The number of nitriles is 1. The lowest BCUT2D eigenvalue weighted by molar-refractivity contribution is 0.0518. The predicted molar refractivity (Wildman–Crippen MR) is 116 cm³/mol. The molecule has 3 aromatic heterocycles. The average Bonchev–Trinajstić information content (AvgIpc) is 3.18. The summed E-state index contributed by atoms with van der Waals surface area (Å²) in [6.07, 6.45) is 3.60. The number of anilines is 1. The Morgan fingerprint density at radius 1 is 1.34 bits per heavy atom. The Morgan fingerprint density at radius 3 is 2.81 bits per heavy atom. The Hall–Kier alpha value is -3.74. The van der Waals surface area contributed by atoms with Gasteiger partial charge in [0.15, 0.2) is 17.3 Å². The topological polar surface area (TPSA) is 119 Å². The van der Waals surface area contributed by atoms with Crippen LogP contribution in [0.15, 0.2) is 30.6 Å². The van der Waals surface area contributed by atoms with Gasteiger partial charge in [0.2, 0.25) is 5.82 Å². The molecule has 1 fully saturated rings. The molecule has 0 aliphatic carbocycles. The number of carboxylic acid groups (broad SMARTS) is 1. The molecule has 0 saturated carbocycles. The molecule has 166 valence electrons. The molecule has 4 rings (SSSR count). The van der Waals surface area contributed by atoms with Crippen molar-refractivity contribution in [3.63, 3.8) is 0 Å². The molecule has 1 aliphatic rings. The van der Waals surface area contributed by atoms with E-state index in [0.29, 0.717) is 24.9 Å². The van der Waals surface area contributed by atoms with Gasteiger partial charge in [-0.25, -0.2) is 19.3 Å². The smallest absolute Gasteiger partial charge is 0.407 e. The van der Waals surface area contributed by atoms with Crippen molar-refractivity contribution in [2.24, 2.45) is 5.41 Å². The van der Waals surface area contributed by atoms with Gasteiger partial charge in [-0.15, -0.1) is 0 Å². The quantitative estimate of drug-likeness (QED) is 0.640. The Bertz CT molecular complexity index is 1210. The summed E-state index contributed by atoms with van der Waals surface area (Å²) in [5, 5.41) is 26.5. The number of amides is 1. The number of pyridine rings is 1. The van der Waals surface area contributed by atoms with Gasteiger partial charge in [-0.05, 0) is 30.4 Å². The molecule has 32 heavy (non-hydrogen) atoms. The minimum absolute atomic E-state index is 0.117. The van der Waals surface area contributed by atoms with Crippen LogP contribution in [-0.4, -0.2) is 54.3 Å². The first-order chi connectivity index (χ1) is 15.2. The minimum Gasteiger partial charge on any atom is -0.465 e. The largest absolute Gasteiger partial charge is 0.465 e. The molecule has 0 bridgehead atoms. The summed E-state index contributed by atoms with van der Waals surface area (Å²) in [5.41, 5.74) is 0.499. The van der Waals surface area contributed by atoms with Crippen molar-refractivity contribution in [2.45, 2.75) is 45.7 Å². The van der Waals surface area contributed by atoms with E-state index in [0.717, 1.165) is 5.52 Å². The van der Waals surface area contributed by atoms with Crippen LogP contribution in [0, 0.1) is 22.6 Å². The monoisotopic (exact) mass is 437 g/mol. The Kier molecular flexibility index (Phi) is 5.42. The lowest BCUT2D eigenvalue weighted by Crippen LogP contribution is -2.58. The van der Waals surface area contributed by atoms with E-state index in [1.807, 2.05) is 39.0 Å². The summed E-state index contributed by atoms with van der Waals surface area (Å²) in [4.78, 5) is 21.7. The third kappa shape index (κ3) is 3.82. The van der Waals surface area contributed by atoms with Crippen LogP contribution >= 0.6 is 0 Å². The summed E-state index contributed by atoms with van der Waals surface area (Å²) in [5.74, 6) is -0.800.